The smallest absolute Gasteiger partial charge is 0.0222 e. The molecule has 14 heavy (non-hydrogen) atoms. The number of hydrogen-bond acceptors (Lipinski definition) is 3. The highest BCUT2D eigenvalue weighted by atomic mass is 32.2. The van der Waals surface area contributed by atoms with E-state index < -0.39 is 0 Å². The van der Waals surface area contributed by atoms with Crippen LogP contribution in [0.2, 0.25) is 0 Å². The minimum absolute atomic E-state index is 0.407. The van der Waals surface area contributed by atoms with Gasteiger partial charge >= 0.3 is 0 Å². The Labute approximate surface area is 91.6 Å². The summed E-state index contributed by atoms with van der Waals surface area (Å²) in [5.74, 6) is 1.32. The Morgan fingerprint density at radius 3 is 2.79 bits per heavy atom. The largest absolute Gasteiger partial charge is 0.326 e. The van der Waals surface area contributed by atoms with Gasteiger partial charge in [-0.2, -0.15) is 11.8 Å². The van der Waals surface area contributed by atoms with Crippen LogP contribution >= 0.6 is 11.8 Å². The molecule has 0 amide bonds. The first-order valence-electron chi connectivity index (χ1n) is 5.81. The lowest BCUT2D eigenvalue weighted by Gasteiger charge is -2.41. The average Bonchev–Trinajstić information content (AvgIpc) is 2.57. The van der Waals surface area contributed by atoms with Crippen LogP contribution in [0.1, 0.15) is 33.1 Å². The molecule has 2 saturated heterocycles. The van der Waals surface area contributed by atoms with Crippen molar-refractivity contribution in [3.63, 3.8) is 0 Å². The van der Waals surface area contributed by atoms with Crippen molar-refractivity contribution in [2.75, 3.05) is 12.3 Å². The molecule has 2 heterocycles. The zero-order valence-corrected chi connectivity index (χ0v) is 10.1. The van der Waals surface area contributed by atoms with Crippen molar-refractivity contribution in [3.8, 4) is 0 Å². The fourth-order valence-corrected chi connectivity index (χ4v) is 3.98. The van der Waals surface area contributed by atoms with E-state index in [2.05, 4.69) is 30.5 Å². The van der Waals surface area contributed by atoms with E-state index in [4.69, 9.17) is 5.73 Å². The molecule has 2 nitrogen and oxygen atoms in total. The maximum Gasteiger partial charge on any atom is 0.0222 e. The van der Waals surface area contributed by atoms with Crippen LogP contribution in [0.3, 0.4) is 0 Å². The van der Waals surface area contributed by atoms with Crippen LogP contribution in [0.25, 0.3) is 0 Å². The topological polar surface area (TPSA) is 29.3 Å². The Morgan fingerprint density at radius 2 is 2.14 bits per heavy atom. The lowest BCUT2D eigenvalue weighted by molar-refractivity contribution is 0.0993. The fourth-order valence-electron chi connectivity index (χ4n) is 2.74. The molecular formula is C11H22N2S. The Morgan fingerprint density at radius 1 is 1.36 bits per heavy atom. The average molecular weight is 214 g/mol. The molecule has 0 spiro atoms. The van der Waals surface area contributed by atoms with E-state index in [0.29, 0.717) is 12.1 Å². The number of hydrogen-bond donors (Lipinski definition) is 1. The molecule has 0 bridgehead atoms. The fraction of sp³-hybridized carbons (Fsp3) is 1.00. The Balaban J connectivity index is 1.95. The van der Waals surface area contributed by atoms with Crippen LogP contribution in [-0.2, 0) is 0 Å². The Kier molecular flexibility index (Phi) is 3.40. The van der Waals surface area contributed by atoms with Gasteiger partial charge in [-0.25, -0.2) is 0 Å². The van der Waals surface area contributed by atoms with Crippen molar-refractivity contribution < 1.29 is 0 Å². The first kappa shape index (κ1) is 10.8. The summed E-state index contributed by atoms with van der Waals surface area (Å²) < 4.78 is 0. The number of nitrogens with two attached hydrogens (primary N) is 1. The van der Waals surface area contributed by atoms with Crippen molar-refractivity contribution in [1.29, 1.82) is 0 Å². The summed E-state index contributed by atoms with van der Waals surface area (Å²) in [4.78, 5) is 2.66. The molecule has 82 valence electrons. The molecule has 2 N–H and O–H groups in total. The molecule has 0 radical (unpaired) electrons. The van der Waals surface area contributed by atoms with E-state index in [9.17, 15) is 0 Å². The number of nitrogens with zero attached hydrogens (tertiary/aromatic N) is 1. The minimum Gasteiger partial charge on any atom is -0.326 e. The predicted molar refractivity (Wildman–Crippen MR) is 63.7 cm³/mol. The van der Waals surface area contributed by atoms with Crippen LogP contribution in [-0.4, -0.2) is 40.6 Å². The van der Waals surface area contributed by atoms with E-state index in [1.165, 1.54) is 31.6 Å². The lowest BCUT2D eigenvalue weighted by atomic mass is 9.96. The van der Waals surface area contributed by atoms with Crippen molar-refractivity contribution in [3.05, 3.63) is 0 Å². The summed E-state index contributed by atoms with van der Waals surface area (Å²) in [7, 11) is 0. The number of rotatable bonds is 1. The van der Waals surface area contributed by atoms with E-state index in [0.717, 1.165) is 11.3 Å². The second-order valence-electron chi connectivity index (χ2n) is 4.82. The molecular weight excluding hydrogens is 192 g/mol. The third kappa shape index (κ3) is 2.10. The second kappa shape index (κ2) is 4.42. The quantitative estimate of drug-likeness (QED) is 0.720. The zero-order valence-electron chi connectivity index (χ0n) is 9.28. The van der Waals surface area contributed by atoms with E-state index >= 15 is 0 Å². The van der Waals surface area contributed by atoms with Gasteiger partial charge in [0.15, 0.2) is 0 Å². The molecule has 0 saturated carbocycles. The van der Waals surface area contributed by atoms with Gasteiger partial charge in [-0.15, -0.1) is 0 Å². The van der Waals surface area contributed by atoms with Gasteiger partial charge in [0, 0.05) is 29.1 Å². The standard InChI is InChI=1S/C11H22N2S/c1-8-6-10(7-14-8)13-5-3-4-11(12)9(13)2/h8-11H,3-7,12H2,1-2H3/t8?,9-,10?,11-/m1/s1. The highest BCUT2D eigenvalue weighted by Gasteiger charge is 2.34. The van der Waals surface area contributed by atoms with Crippen molar-refractivity contribution >= 4 is 11.8 Å². The van der Waals surface area contributed by atoms with Crippen LogP contribution in [0.4, 0.5) is 0 Å². The van der Waals surface area contributed by atoms with Gasteiger partial charge in [0.05, 0.1) is 0 Å². The molecule has 2 rings (SSSR count). The number of likely N-dealkylation sites (tertiary alicyclic amines) is 1. The summed E-state index contributed by atoms with van der Waals surface area (Å²) >= 11 is 2.12. The summed E-state index contributed by atoms with van der Waals surface area (Å²) in [6.07, 6.45) is 3.87. The minimum atomic E-state index is 0.407. The summed E-state index contributed by atoms with van der Waals surface area (Å²) in [5.41, 5.74) is 6.12. The molecule has 0 aromatic carbocycles. The lowest BCUT2D eigenvalue weighted by Crippen LogP contribution is -2.54. The zero-order chi connectivity index (χ0) is 10.1. The van der Waals surface area contributed by atoms with Crippen LogP contribution < -0.4 is 5.73 Å². The summed E-state index contributed by atoms with van der Waals surface area (Å²) in [6, 6.07) is 1.81. The summed E-state index contributed by atoms with van der Waals surface area (Å²) in [6.45, 7) is 5.92. The van der Waals surface area contributed by atoms with E-state index in [1.54, 1.807) is 0 Å². The number of piperidine rings is 1. The van der Waals surface area contributed by atoms with Crippen molar-refractivity contribution in [2.24, 2.45) is 5.73 Å². The van der Waals surface area contributed by atoms with Crippen LogP contribution in [0.5, 0.6) is 0 Å². The van der Waals surface area contributed by atoms with Crippen molar-refractivity contribution in [2.45, 2.75) is 56.5 Å². The first-order chi connectivity index (χ1) is 6.68. The van der Waals surface area contributed by atoms with E-state index in [1.807, 2.05) is 0 Å². The monoisotopic (exact) mass is 214 g/mol. The molecule has 2 aliphatic heterocycles. The van der Waals surface area contributed by atoms with Gasteiger partial charge in [-0.1, -0.05) is 6.92 Å². The highest BCUT2D eigenvalue weighted by Crippen LogP contribution is 2.32. The molecule has 3 heteroatoms. The maximum atomic E-state index is 6.12. The van der Waals surface area contributed by atoms with E-state index in [-0.39, 0.29) is 0 Å². The predicted octanol–water partition coefficient (Wildman–Crippen LogP) is 1.69. The highest BCUT2D eigenvalue weighted by molar-refractivity contribution is 8.00. The molecule has 4 atom stereocenters. The molecule has 0 aliphatic carbocycles. The van der Waals surface area contributed by atoms with Gasteiger partial charge in [0.25, 0.3) is 0 Å². The van der Waals surface area contributed by atoms with Crippen LogP contribution in [0.15, 0.2) is 0 Å². The van der Waals surface area contributed by atoms with Crippen molar-refractivity contribution in [1.82, 2.24) is 4.90 Å². The van der Waals surface area contributed by atoms with Gasteiger partial charge in [-0.05, 0) is 32.7 Å². The summed E-state index contributed by atoms with van der Waals surface area (Å²) in [5, 5.41) is 0.852. The molecule has 2 unspecified atom stereocenters. The SMILES string of the molecule is CC1CC(N2CCC[C@@H](N)[C@H]2C)CS1. The molecule has 0 aromatic rings. The van der Waals surface area contributed by atoms with Gasteiger partial charge < -0.3 is 5.73 Å². The van der Waals surface area contributed by atoms with Gasteiger partial charge in [0.2, 0.25) is 0 Å². The van der Waals surface area contributed by atoms with Crippen LogP contribution in [0, 0.1) is 0 Å². The van der Waals surface area contributed by atoms with Gasteiger partial charge in [0.1, 0.15) is 0 Å². The molecule has 0 aromatic heterocycles. The second-order valence-corrected chi connectivity index (χ2v) is 6.29. The van der Waals surface area contributed by atoms with Gasteiger partial charge in [-0.3, -0.25) is 4.90 Å². The third-order valence-electron chi connectivity index (χ3n) is 3.74. The first-order valence-corrected chi connectivity index (χ1v) is 6.86. The number of thioether (sulfide) groups is 1. The third-order valence-corrected chi connectivity index (χ3v) is 5.08. The Bertz CT molecular complexity index is 198. The Hall–Kier alpha value is 0.270. The normalized spacial score (nSPS) is 45.6. The maximum absolute atomic E-state index is 6.12. The molecule has 2 fully saturated rings. The molecule has 2 aliphatic rings.